The van der Waals surface area contributed by atoms with E-state index in [-0.39, 0.29) is 5.91 Å². The summed E-state index contributed by atoms with van der Waals surface area (Å²) >= 11 is 2.29. The highest BCUT2D eigenvalue weighted by molar-refractivity contribution is 14.1. The summed E-state index contributed by atoms with van der Waals surface area (Å²) in [5, 5.41) is 2.91. The summed E-state index contributed by atoms with van der Waals surface area (Å²) in [4.78, 5) is 14.2. The zero-order valence-corrected chi connectivity index (χ0v) is 14.1. The Hall–Kier alpha value is -0.620. The van der Waals surface area contributed by atoms with Crippen LogP contribution in [0, 0.1) is 3.57 Å². The fourth-order valence-electron chi connectivity index (χ4n) is 3.41. The fourth-order valence-corrected chi connectivity index (χ4v) is 4.41. The quantitative estimate of drug-likeness (QED) is 0.812. The Morgan fingerprint density at radius 1 is 1.30 bits per heavy atom. The smallest absolute Gasteiger partial charge is 0.252 e. The summed E-state index contributed by atoms with van der Waals surface area (Å²) in [6.45, 7) is 1.67. The minimum absolute atomic E-state index is 0.0802. The third kappa shape index (κ3) is 2.86. The minimum atomic E-state index is 0.0802. The lowest BCUT2D eigenvalue weighted by molar-refractivity contribution is 0.0965. The Labute approximate surface area is 134 Å². The maximum absolute atomic E-state index is 11.7. The van der Waals surface area contributed by atoms with Crippen LogP contribution >= 0.6 is 22.6 Å². The molecule has 3 nitrogen and oxygen atoms in total. The average molecular weight is 384 g/mol. The first-order chi connectivity index (χ1) is 9.65. The first-order valence-electron chi connectivity index (χ1n) is 7.45. The predicted octanol–water partition coefficient (Wildman–Crippen LogP) is 3.30. The summed E-state index contributed by atoms with van der Waals surface area (Å²) < 4.78 is 1.09. The largest absolute Gasteiger partial charge is 0.348 e. The van der Waals surface area contributed by atoms with Gasteiger partial charge in [0.25, 0.3) is 5.91 Å². The van der Waals surface area contributed by atoms with Gasteiger partial charge in [-0.1, -0.05) is 25.3 Å². The first kappa shape index (κ1) is 14.3. The number of hydrogen-bond donors (Lipinski definition) is 1. The van der Waals surface area contributed by atoms with Gasteiger partial charge in [-0.3, -0.25) is 9.69 Å². The molecule has 0 saturated heterocycles. The monoisotopic (exact) mass is 384 g/mol. The number of rotatable bonds is 3. The van der Waals surface area contributed by atoms with E-state index in [9.17, 15) is 4.79 Å². The number of amides is 1. The Bertz CT molecular complexity index is 523. The van der Waals surface area contributed by atoms with Crippen molar-refractivity contribution in [2.75, 3.05) is 7.05 Å². The third-order valence-electron chi connectivity index (χ3n) is 4.53. The van der Waals surface area contributed by atoms with Crippen LogP contribution in [0.2, 0.25) is 0 Å². The molecule has 1 N–H and O–H groups in total. The first-order valence-corrected chi connectivity index (χ1v) is 8.53. The van der Waals surface area contributed by atoms with Gasteiger partial charge in [-0.25, -0.2) is 0 Å². The van der Waals surface area contributed by atoms with E-state index < -0.39 is 0 Å². The standard InChI is InChI=1S/C16H21IN2O/c1-19(13-5-3-2-4-6-13)10-11-7-12-9-18-16(20)15(12)14(17)8-11/h7-8,13H,2-6,9-10H2,1H3,(H,18,20). The summed E-state index contributed by atoms with van der Waals surface area (Å²) in [6, 6.07) is 5.10. The molecule has 0 bridgehead atoms. The molecule has 20 heavy (non-hydrogen) atoms. The molecule has 1 aliphatic carbocycles. The molecule has 0 spiro atoms. The molecule has 1 amide bonds. The molecule has 108 valence electrons. The minimum Gasteiger partial charge on any atom is -0.348 e. The number of nitrogens with one attached hydrogen (secondary N) is 1. The summed E-state index contributed by atoms with van der Waals surface area (Å²) in [6.07, 6.45) is 6.80. The maximum atomic E-state index is 11.7. The van der Waals surface area contributed by atoms with Crippen LogP contribution in [0.1, 0.15) is 53.6 Å². The fraction of sp³-hybridized carbons (Fsp3) is 0.562. The van der Waals surface area contributed by atoms with Gasteiger partial charge in [0, 0.05) is 22.7 Å². The van der Waals surface area contributed by atoms with Crippen LogP contribution in [0.15, 0.2) is 12.1 Å². The van der Waals surface area contributed by atoms with Crippen molar-refractivity contribution < 1.29 is 4.79 Å². The second-order valence-corrected chi connectivity index (χ2v) is 7.16. The molecule has 1 aromatic carbocycles. The van der Waals surface area contributed by atoms with E-state index in [0.29, 0.717) is 6.54 Å². The van der Waals surface area contributed by atoms with Crippen molar-refractivity contribution in [1.82, 2.24) is 10.2 Å². The topological polar surface area (TPSA) is 32.3 Å². The van der Waals surface area contributed by atoms with Crippen LogP contribution < -0.4 is 5.32 Å². The SMILES string of the molecule is CN(Cc1cc(I)c2c(c1)CNC2=O)C1CCCCC1. The molecule has 1 fully saturated rings. The second kappa shape index (κ2) is 6.02. The normalized spacial score (nSPS) is 19.2. The van der Waals surface area contributed by atoms with E-state index in [0.717, 1.165) is 27.3 Å². The lowest BCUT2D eigenvalue weighted by atomic mass is 9.94. The maximum Gasteiger partial charge on any atom is 0.252 e. The summed E-state index contributed by atoms with van der Waals surface area (Å²) in [5.74, 6) is 0.0802. The number of carbonyl (C=O) groups excluding carboxylic acids is 1. The van der Waals surface area contributed by atoms with Crippen molar-refractivity contribution in [3.63, 3.8) is 0 Å². The zero-order valence-electron chi connectivity index (χ0n) is 11.9. The van der Waals surface area contributed by atoms with Gasteiger partial charge in [0.05, 0.1) is 5.56 Å². The van der Waals surface area contributed by atoms with Gasteiger partial charge in [-0.05, 0) is 59.7 Å². The molecule has 1 aromatic rings. The van der Waals surface area contributed by atoms with E-state index in [1.54, 1.807) is 0 Å². The molecule has 4 heteroatoms. The molecule has 0 unspecified atom stereocenters. The Kier molecular flexibility index (Phi) is 4.31. The molecule has 0 aromatic heterocycles. The van der Waals surface area contributed by atoms with Crippen LogP contribution in [0.4, 0.5) is 0 Å². The van der Waals surface area contributed by atoms with Crippen LogP contribution in [0.5, 0.6) is 0 Å². The number of halogens is 1. The van der Waals surface area contributed by atoms with Gasteiger partial charge < -0.3 is 5.32 Å². The number of carbonyl (C=O) groups is 1. The van der Waals surface area contributed by atoms with E-state index in [2.05, 4.69) is 52.0 Å². The molecular weight excluding hydrogens is 363 g/mol. The molecule has 3 rings (SSSR count). The van der Waals surface area contributed by atoms with Crippen LogP contribution in [0.3, 0.4) is 0 Å². The Morgan fingerprint density at radius 3 is 2.80 bits per heavy atom. The summed E-state index contributed by atoms with van der Waals surface area (Å²) in [5.41, 5.74) is 3.38. The Balaban J connectivity index is 1.75. The van der Waals surface area contributed by atoms with Gasteiger partial charge >= 0.3 is 0 Å². The number of nitrogens with zero attached hydrogens (tertiary/aromatic N) is 1. The third-order valence-corrected chi connectivity index (χ3v) is 5.38. The molecule has 0 atom stereocenters. The predicted molar refractivity (Wildman–Crippen MR) is 88.7 cm³/mol. The lowest BCUT2D eigenvalue weighted by Crippen LogP contribution is -2.32. The van der Waals surface area contributed by atoms with Crippen molar-refractivity contribution in [3.05, 3.63) is 32.4 Å². The number of hydrogen-bond acceptors (Lipinski definition) is 2. The molecule has 1 aliphatic heterocycles. The van der Waals surface area contributed by atoms with Crippen LogP contribution in [-0.4, -0.2) is 23.9 Å². The highest BCUT2D eigenvalue weighted by Gasteiger charge is 2.23. The van der Waals surface area contributed by atoms with Gasteiger partial charge in [0.1, 0.15) is 0 Å². The van der Waals surface area contributed by atoms with E-state index in [1.165, 1.54) is 37.7 Å². The highest BCUT2D eigenvalue weighted by atomic mass is 127. The van der Waals surface area contributed by atoms with Crippen molar-refractivity contribution >= 4 is 28.5 Å². The van der Waals surface area contributed by atoms with Gasteiger partial charge in [0.2, 0.25) is 0 Å². The summed E-state index contributed by atoms with van der Waals surface area (Å²) in [7, 11) is 2.24. The second-order valence-electron chi connectivity index (χ2n) is 6.00. The van der Waals surface area contributed by atoms with Crippen LogP contribution in [0.25, 0.3) is 0 Å². The van der Waals surface area contributed by atoms with E-state index in [4.69, 9.17) is 0 Å². The van der Waals surface area contributed by atoms with Gasteiger partial charge in [0.15, 0.2) is 0 Å². The molecule has 1 heterocycles. The van der Waals surface area contributed by atoms with Crippen molar-refractivity contribution in [2.24, 2.45) is 0 Å². The van der Waals surface area contributed by atoms with Gasteiger partial charge in [-0.2, -0.15) is 0 Å². The molecule has 2 aliphatic rings. The van der Waals surface area contributed by atoms with Crippen LogP contribution in [-0.2, 0) is 13.1 Å². The average Bonchev–Trinajstić information content (AvgIpc) is 2.81. The van der Waals surface area contributed by atoms with Gasteiger partial charge in [-0.15, -0.1) is 0 Å². The number of benzene rings is 1. The number of fused-ring (bicyclic) bond motifs is 1. The van der Waals surface area contributed by atoms with Crippen molar-refractivity contribution in [3.8, 4) is 0 Å². The van der Waals surface area contributed by atoms with Crippen molar-refractivity contribution in [2.45, 2.75) is 51.2 Å². The van der Waals surface area contributed by atoms with E-state index >= 15 is 0 Å². The molecule has 1 saturated carbocycles. The zero-order chi connectivity index (χ0) is 14.1. The van der Waals surface area contributed by atoms with E-state index in [1.807, 2.05) is 0 Å². The van der Waals surface area contributed by atoms with Crippen molar-refractivity contribution in [1.29, 1.82) is 0 Å². The highest BCUT2D eigenvalue weighted by Crippen LogP contribution is 2.26. The molecular formula is C16H21IN2O. The molecule has 0 radical (unpaired) electrons. The lowest BCUT2D eigenvalue weighted by Gasteiger charge is -2.31. The Morgan fingerprint density at radius 2 is 2.05 bits per heavy atom.